The highest BCUT2D eigenvalue weighted by Gasteiger charge is 2.57. The number of anilines is 2. The Morgan fingerprint density at radius 3 is 2.63 bits per heavy atom. The maximum Gasteiger partial charge on any atom is 0.243 e. The van der Waals surface area contributed by atoms with Gasteiger partial charge < -0.3 is 16.0 Å². The summed E-state index contributed by atoms with van der Waals surface area (Å²) in [7, 11) is 0. The Morgan fingerprint density at radius 2 is 1.96 bits per heavy atom. The summed E-state index contributed by atoms with van der Waals surface area (Å²) in [5, 5.41) is 7.33. The Hall–Kier alpha value is -3.16. The monoisotopic (exact) mass is 367 g/mol. The standard InChI is InChI=1S/C19H21N5O3/c1-18(2,3)24-16-12(9-21-24)19(8-15(26)22-16)11-6-4-5-7-13(11)23(17(19)27)10-14(20)25/h4-7,9H,8,10H2,1-3H3,(H2,20,25)(H,22,26). The lowest BCUT2D eigenvalue weighted by atomic mass is 9.72. The molecule has 0 saturated carbocycles. The molecule has 1 spiro atoms. The molecule has 1 aromatic carbocycles. The van der Waals surface area contributed by atoms with Gasteiger partial charge in [-0.05, 0) is 32.4 Å². The highest BCUT2D eigenvalue weighted by Crippen LogP contribution is 2.52. The predicted octanol–water partition coefficient (Wildman–Crippen LogP) is 1.10. The van der Waals surface area contributed by atoms with Gasteiger partial charge in [0, 0.05) is 17.7 Å². The van der Waals surface area contributed by atoms with E-state index >= 15 is 0 Å². The lowest BCUT2D eigenvalue weighted by molar-refractivity contribution is -0.127. The highest BCUT2D eigenvalue weighted by molar-refractivity contribution is 6.17. The zero-order valence-electron chi connectivity index (χ0n) is 15.4. The summed E-state index contributed by atoms with van der Waals surface area (Å²) in [6.45, 7) is 5.68. The molecule has 2 aromatic rings. The summed E-state index contributed by atoms with van der Waals surface area (Å²) in [5.74, 6) is -0.687. The molecule has 4 rings (SSSR count). The highest BCUT2D eigenvalue weighted by atomic mass is 16.2. The maximum atomic E-state index is 13.5. The van der Waals surface area contributed by atoms with E-state index in [-0.39, 0.29) is 30.3 Å². The van der Waals surface area contributed by atoms with E-state index in [0.29, 0.717) is 22.6 Å². The summed E-state index contributed by atoms with van der Waals surface area (Å²) in [4.78, 5) is 39.1. The molecular weight excluding hydrogens is 346 g/mol. The number of hydrogen-bond acceptors (Lipinski definition) is 4. The molecule has 3 N–H and O–H groups in total. The van der Waals surface area contributed by atoms with Crippen LogP contribution in [0.25, 0.3) is 0 Å². The van der Waals surface area contributed by atoms with Crippen LogP contribution >= 0.6 is 0 Å². The van der Waals surface area contributed by atoms with Crippen LogP contribution in [0, 0.1) is 0 Å². The lowest BCUT2D eigenvalue weighted by Crippen LogP contribution is -2.48. The van der Waals surface area contributed by atoms with Crippen molar-refractivity contribution in [3.05, 3.63) is 41.6 Å². The molecule has 0 radical (unpaired) electrons. The van der Waals surface area contributed by atoms with E-state index < -0.39 is 11.3 Å². The van der Waals surface area contributed by atoms with Gasteiger partial charge in [0.2, 0.25) is 17.7 Å². The SMILES string of the molecule is CC(C)(C)n1ncc2c1NC(=O)CC21C(=O)N(CC(N)=O)c2ccccc21. The van der Waals surface area contributed by atoms with Gasteiger partial charge in [-0.15, -0.1) is 0 Å². The average Bonchev–Trinajstić information content (AvgIpc) is 3.10. The van der Waals surface area contributed by atoms with Gasteiger partial charge in [-0.25, -0.2) is 4.68 Å². The van der Waals surface area contributed by atoms with Crippen LogP contribution in [0.4, 0.5) is 11.5 Å². The molecule has 0 bridgehead atoms. The number of nitrogens with zero attached hydrogens (tertiary/aromatic N) is 3. The van der Waals surface area contributed by atoms with Gasteiger partial charge in [0.05, 0.1) is 11.7 Å². The molecule has 0 saturated heterocycles. The summed E-state index contributed by atoms with van der Waals surface area (Å²) in [5.41, 5.74) is 5.72. The number of rotatable bonds is 2. The topological polar surface area (TPSA) is 110 Å². The average molecular weight is 367 g/mol. The largest absolute Gasteiger partial charge is 0.368 e. The third-order valence-corrected chi connectivity index (χ3v) is 5.13. The third kappa shape index (κ3) is 2.29. The number of benzene rings is 1. The van der Waals surface area contributed by atoms with Crippen molar-refractivity contribution in [2.75, 3.05) is 16.8 Å². The van der Waals surface area contributed by atoms with Crippen LogP contribution in [-0.2, 0) is 25.3 Å². The smallest absolute Gasteiger partial charge is 0.243 e. The van der Waals surface area contributed by atoms with Crippen LogP contribution in [0.3, 0.4) is 0 Å². The zero-order valence-corrected chi connectivity index (χ0v) is 15.4. The summed E-state index contributed by atoms with van der Waals surface area (Å²) < 4.78 is 1.72. The second-order valence-corrected chi connectivity index (χ2v) is 7.99. The molecular formula is C19H21N5O3. The molecule has 1 unspecified atom stereocenters. The van der Waals surface area contributed by atoms with Gasteiger partial charge in [-0.3, -0.25) is 14.4 Å². The summed E-state index contributed by atoms with van der Waals surface area (Å²) in [6, 6.07) is 7.21. The Kier molecular flexibility index (Phi) is 3.46. The second kappa shape index (κ2) is 5.42. The first-order valence-electron chi connectivity index (χ1n) is 8.75. The van der Waals surface area contributed by atoms with E-state index in [1.165, 1.54) is 4.90 Å². The first-order valence-corrected chi connectivity index (χ1v) is 8.75. The second-order valence-electron chi connectivity index (χ2n) is 7.99. The Labute approximate surface area is 156 Å². The number of amides is 3. The number of nitrogens with two attached hydrogens (primary N) is 1. The number of carbonyl (C=O) groups excluding carboxylic acids is 3. The molecule has 3 heterocycles. The fourth-order valence-corrected chi connectivity index (χ4v) is 4.07. The van der Waals surface area contributed by atoms with Crippen LogP contribution < -0.4 is 16.0 Å². The van der Waals surface area contributed by atoms with Gasteiger partial charge in [-0.1, -0.05) is 18.2 Å². The lowest BCUT2D eigenvalue weighted by Gasteiger charge is -2.34. The number of para-hydroxylation sites is 1. The minimum absolute atomic E-state index is 0.0407. The number of hydrogen-bond donors (Lipinski definition) is 2. The van der Waals surface area contributed by atoms with E-state index in [1.807, 2.05) is 32.9 Å². The molecule has 27 heavy (non-hydrogen) atoms. The number of fused-ring (bicyclic) bond motifs is 4. The van der Waals surface area contributed by atoms with Gasteiger partial charge >= 0.3 is 0 Å². The third-order valence-electron chi connectivity index (χ3n) is 5.13. The van der Waals surface area contributed by atoms with Crippen molar-refractivity contribution in [2.45, 2.75) is 38.1 Å². The molecule has 0 fully saturated rings. The molecule has 8 heteroatoms. The Morgan fingerprint density at radius 1 is 1.26 bits per heavy atom. The van der Waals surface area contributed by atoms with Crippen LogP contribution in [-0.4, -0.2) is 34.0 Å². The molecule has 2 aliphatic rings. The Bertz CT molecular complexity index is 987. The number of aromatic nitrogens is 2. The summed E-state index contributed by atoms with van der Waals surface area (Å²) in [6.07, 6.45) is 1.60. The van der Waals surface area contributed by atoms with Gasteiger partial charge in [0.1, 0.15) is 17.8 Å². The summed E-state index contributed by atoms with van der Waals surface area (Å²) >= 11 is 0. The Balaban J connectivity index is 1.99. The fourth-order valence-electron chi connectivity index (χ4n) is 4.07. The van der Waals surface area contributed by atoms with E-state index in [1.54, 1.807) is 23.0 Å². The van der Waals surface area contributed by atoms with Gasteiger partial charge in [-0.2, -0.15) is 5.10 Å². The van der Waals surface area contributed by atoms with Gasteiger partial charge in [0.25, 0.3) is 0 Å². The van der Waals surface area contributed by atoms with Crippen LogP contribution in [0.5, 0.6) is 0 Å². The van der Waals surface area contributed by atoms with Gasteiger partial charge in [0.15, 0.2) is 0 Å². The van der Waals surface area contributed by atoms with E-state index in [4.69, 9.17) is 5.73 Å². The fraction of sp³-hybridized carbons (Fsp3) is 0.368. The maximum absolute atomic E-state index is 13.5. The number of primary amides is 1. The minimum Gasteiger partial charge on any atom is -0.368 e. The molecule has 140 valence electrons. The number of carbonyl (C=O) groups is 3. The van der Waals surface area contributed by atoms with E-state index in [2.05, 4.69) is 10.4 Å². The normalized spacial score (nSPS) is 21.2. The molecule has 8 nitrogen and oxygen atoms in total. The van der Waals surface area contributed by atoms with Crippen molar-refractivity contribution in [2.24, 2.45) is 5.73 Å². The van der Waals surface area contributed by atoms with Crippen molar-refractivity contribution >= 4 is 29.2 Å². The van der Waals surface area contributed by atoms with Crippen molar-refractivity contribution in [3.63, 3.8) is 0 Å². The van der Waals surface area contributed by atoms with Crippen molar-refractivity contribution in [1.29, 1.82) is 0 Å². The molecule has 1 atom stereocenters. The minimum atomic E-state index is -1.20. The quantitative estimate of drug-likeness (QED) is 0.828. The molecule has 2 aliphatic heterocycles. The van der Waals surface area contributed by atoms with Crippen molar-refractivity contribution in [1.82, 2.24) is 9.78 Å². The molecule has 0 aliphatic carbocycles. The molecule has 1 aromatic heterocycles. The van der Waals surface area contributed by atoms with Crippen molar-refractivity contribution in [3.8, 4) is 0 Å². The van der Waals surface area contributed by atoms with Crippen LogP contribution in [0.15, 0.2) is 30.5 Å². The van der Waals surface area contributed by atoms with Crippen LogP contribution in [0.1, 0.15) is 38.3 Å². The number of nitrogens with one attached hydrogen (secondary N) is 1. The zero-order chi connectivity index (χ0) is 19.6. The predicted molar refractivity (Wildman–Crippen MR) is 99.2 cm³/mol. The van der Waals surface area contributed by atoms with Crippen molar-refractivity contribution < 1.29 is 14.4 Å². The van der Waals surface area contributed by atoms with E-state index in [0.717, 1.165) is 0 Å². The van der Waals surface area contributed by atoms with Crippen LogP contribution in [0.2, 0.25) is 0 Å². The van der Waals surface area contributed by atoms with E-state index in [9.17, 15) is 14.4 Å². The first-order chi connectivity index (χ1) is 12.7. The first kappa shape index (κ1) is 17.3. The molecule has 3 amide bonds.